The Kier molecular flexibility index (Phi) is 3.23. The fourth-order valence-corrected chi connectivity index (χ4v) is 12.0. The first kappa shape index (κ1) is 7.43. The molecule has 46 valence electrons. The Morgan fingerprint density at radius 2 is 1.75 bits per heavy atom. The monoisotopic (exact) mass is 342 g/mol. The molecule has 8 heavy (non-hydrogen) atoms. The fraction of sp³-hybridized carbons (Fsp3) is 0.667. The summed E-state index contributed by atoms with van der Waals surface area (Å²) in [5.74, 6) is 0. The summed E-state index contributed by atoms with van der Waals surface area (Å²) in [6.45, 7) is 4.58. The zero-order valence-electron chi connectivity index (χ0n) is 5.23. The molecule has 0 aliphatic carbocycles. The molecule has 0 amide bonds. The van der Waals surface area contributed by atoms with Gasteiger partial charge >= 0.3 is 71.9 Å². The Morgan fingerprint density at radius 1 is 1.25 bits per heavy atom. The van der Waals surface area contributed by atoms with Gasteiger partial charge in [-0.15, -0.1) is 0 Å². The molecule has 1 heterocycles. The van der Waals surface area contributed by atoms with Gasteiger partial charge in [0.15, 0.2) is 0 Å². The van der Waals surface area contributed by atoms with Crippen molar-refractivity contribution in [3.63, 3.8) is 0 Å². The van der Waals surface area contributed by atoms with E-state index in [1.165, 1.54) is 0 Å². The van der Waals surface area contributed by atoms with Crippen LogP contribution in [0.25, 0.3) is 0 Å². The molecule has 0 unspecified atom stereocenters. The van der Waals surface area contributed by atoms with Crippen LogP contribution < -0.4 is 0 Å². The summed E-state index contributed by atoms with van der Waals surface area (Å²) in [6.07, 6.45) is 0. The van der Waals surface area contributed by atoms with Gasteiger partial charge in [0.05, 0.1) is 0 Å². The van der Waals surface area contributed by atoms with Crippen molar-refractivity contribution >= 4 is 41.8 Å². The van der Waals surface area contributed by atoms with E-state index in [9.17, 15) is 0 Å². The molecular formula is C6H10Te2. The molecule has 0 spiro atoms. The predicted molar refractivity (Wildman–Crippen MR) is 39.5 cm³/mol. The van der Waals surface area contributed by atoms with Gasteiger partial charge < -0.3 is 0 Å². The van der Waals surface area contributed by atoms with Crippen LogP contribution in [0.5, 0.6) is 0 Å². The predicted octanol–water partition coefficient (Wildman–Crippen LogP) is 1.50. The van der Waals surface area contributed by atoms with Crippen LogP contribution in [0.3, 0.4) is 0 Å². The van der Waals surface area contributed by atoms with Gasteiger partial charge in [-0.25, -0.2) is 0 Å². The van der Waals surface area contributed by atoms with Gasteiger partial charge in [0.2, 0.25) is 0 Å². The molecule has 2 heteroatoms. The standard InChI is InChI=1S/C6H10Te2/c1-5(2)6-7-3-4-8-6/h3-4H2,1-2H3. The molecule has 0 saturated carbocycles. The van der Waals surface area contributed by atoms with Crippen LogP contribution in [-0.4, -0.2) is 41.8 Å². The van der Waals surface area contributed by atoms with Crippen LogP contribution in [0.15, 0.2) is 7.24 Å². The van der Waals surface area contributed by atoms with Crippen LogP contribution in [0.1, 0.15) is 13.8 Å². The molecule has 1 aliphatic rings. The van der Waals surface area contributed by atoms with Gasteiger partial charge in [-0.3, -0.25) is 0 Å². The van der Waals surface area contributed by atoms with Crippen LogP contribution in [0.4, 0.5) is 0 Å². The molecule has 1 aliphatic heterocycles. The number of hydrogen-bond donors (Lipinski definition) is 0. The molecule has 0 aromatic rings. The van der Waals surface area contributed by atoms with E-state index in [0.29, 0.717) is 41.8 Å². The van der Waals surface area contributed by atoms with Crippen molar-refractivity contribution < 1.29 is 0 Å². The van der Waals surface area contributed by atoms with E-state index < -0.39 is 0 Å². The van der Waals surface area contributed by atoms with Crippen molar-refractivity contribution in [3.05, 3.63) is 7.24 Å². The molecule has 1 saturated heterocycles. The molecule has 0 aromatic heterocycles. The van der Waals surface area contributed by atoms with E-state index in [2.05, 4.69) is 13.8 Å². The minimum atomic E-state index is 0.417. The second kappa shape index (κ2) is 3.48. The molecule has 0 atom stereocenters. The van der Waals surface area contributed by atoms with Crippen molar-refractivity contribution in [2.75, 3.05) is 0 Å². The topological polar surface area (TPSA) is 0 Å². The Balaban J connectivity index is 2.58. The summed E-state index contributed by atoms with van der Waals surface area (Å²) in [7, 11) is 0. The van der Waals surface area contributed by atoms with Gasteiger partial charge in [-0.1, -0.05) is 0 Å². The zero-order chi connectivity index (χ0) is 5.98. The van der Waals surface area contributed by atoms with Crippen LogP contribution >= 0.6 is 0 Å². The quantitative estimate of drug-likeness (QED) is 0.588. The summed E-state index contributed by atoms with van der Waals surface area (Å²) >= 11 is 0.834. The summed E-state index contributed by atoms with van der Waals surface area (Å²) in [4.78, 5) is 0. The van der Waals surface area contributed by atoms with E-state index in [-0.39, 0.29) is 0 Å². The summed E-state index contributed by atoms with van der Waals surface area (Å²) in [5, 5.41) is 0. The second-order valence-electron chi connectivity index (χ2n) is 1.98. The molecule has 1 rings (SSSR count). The minimum absolute atomic E-state index is 0.417. The van der Waals surface area contributed by atoms with Gasteiger partial charge in [-0.05, 0) is 0 Å². The first-order valence-corrected chi connectivity index (χ1v) is 8.36. The second-order valence-corrected chi connectivity index (χ2v) is 10.8. The van der Waals surface area contributed by atoms with Crippen molar-refractivity contribution in [2.45, 2.75) is 22.8 Å². The van der Waals surface area contributed by atoms with Crippen molar-refractivity contribution in [2.24, 2.45) is 0 Å². The SMILES string of the molecule is CC(C)=C1[Te]CC[Te]1. The van der Waals surface area contributed by atoms with E-state index in [1.807, 2.05) is 1.67 Å². The third kappa shape index (κ3) is 1.93. The van der Waals surface area contributed by atoms with E-state index in [1.54, 1.807) is 14.5 Å². The van der Waals surface area contributed by atoms with Gasteiger partial charge in [0.1, 0.15) is 0 Å². The van der Waals surface area contributed by atoms with Gasteiger partial charge in [0.25, 0.3) is 0 Å². The van der Waals surface area contributed by atoms with Gasteiger partial charge in [-0.2, -0.15) is 0 Å². The normalized spacial score (nSPS) is 19.5. The Bertz CT molecular complexity index is 104. The summed E-state index contributed by atoms with van der Waals surface area (Å²) in [5.41, 5.74) is 1.67. The molecule has 1 fully saturated rings. The van der Waals surface area contributed by atoms with E-state index in [4.69, 9.17) is 0 Å². The van der Waals surface area contributed by atoms with E-state index >= 15 is 0 Å². The average molecular weight is 337 g/mol. The van der Waals surface area contributed by atoms with Gasteiger partial charge in [0, 0.05) is 0 Å². The maximum atomic E-state index is 2.29. The van der Waals surface area contributed by atoms with E-state index in [0.717, 1.165) is 0 Å². The van der Waals surface area contributed by atoms with Crippen molar-refractivity contribution in [3.8, 4) is 0 Å². The molecule has 0 bridgehead atoms. The maximum absolute atomic E-state index is 2.29. The molecule has 0 radical (unpaired) electrons. The fourth-order valence-electron chi connectivity index (χ4n) is 0.599. The van der Waals surface area contributed by atoms with Crippen LogP contribution in [0, 0.1) is 0 Å². The zero-order valence-corrected chi connectivity index (χ0v) is 9.89. The van der Waals surface area contributed by atoms with Crippen LogP contribution in [0.2, 0.25) is 8.94 Å². The van der Waals surface area contributed by atoms with Crippen LogP contribution in [-0.2, 0) is 0 Å². The van der Waals surface area contributed by atoms with Crippen molar-refractivity contribution in [1.29, 1.82) is 0 Å². The third-order valence-electron chi connectivity index (χ3n) is 0.958. The number of rotatable bonds is 0. The third-order valence-corrected chi connectivity index (χ3v) is 14.1. The first-order chi connectivity index (χ1) is 3.80. The molecule has 0 N–H and O–H groups in total. The summed E-state index contributed by atoms with van der Waals surface area (Å²) < 4.78 is 5.21. The molecule has 0 aromatic carbocycles. The van der Waals surface area contributed by atoms with Crippen molar-refractivity contribution in [1.82, 2.24) is 0 Å². The Labute approximate surface area is 71.3 Å². The Hall–Kier alpha value is 1.32. The number of hydrogen-bond acceptors (Lipinski definition) is 0. The first-order valence-electron chi connectivity index (χ1n) is 2.74. The molecule has 0 nitrogen and oxygen atoms in total. The average Bonchev–Trinajstić information content (AvgIpc) is 2.12. The summed E-state index contributed by atoms with van der Waals surface area (Å²) in [6, 6.07) is 0. The molecular weight excluding hydrogens is 327 g/mol. The number of allylic oxidation sites excluding steroid dienone is 1. The Morgan fingerprint density at radius 3 is 2.00 bits per heavy atom.